The van der Waals surface area contributed by atoms with Crippen LogP contribution in [0.5, 0.6) is 0 Å². The van der Waals surface area contributed by atoms with Crippen LogP contribution >= 0.6 is 0 Å². The molecule has 1 spiro atoms. The number of hydrogen-bond acceptors (Lipinski definition) is 3. The minimum Gasteiger partial charge on any atom is -0.361 e. The Kier molecular flexibility index (Phi) is 5.08. The lowest BCUT2D eigenvalue weighted by Gasteiger charge is -2.47. The van der Waals surface area contributed by atoms with Gasteiger partial charge in [-0.05, 0) is 37.0 Å². The maximum Gasteiger partial charge on any atom is 0.253 e. The fraction of sp³-hybridized carbons (Fsp3) is 0.579. The van der Waals surface area contributed by atoms with Gasteiger partial charge in [0.25, 0.3) is 5.91 Å². The Hall–Kier alpha value is -1.95. The van der Waals surface area contributed by atoms with Crippen LogP contribution in [0.1, 0.15) is 33.1 Å². The van der Waals surface area contributed by atoms with Gasteiger partial charge >= 0.3 is 0 Å². The molecule has 2 aliphatic heterocycles. The van der Waals surface area contributed by atoms with Gasteiger partial charge in [0.2, 0.25) is 5.91 Å². The van der Waals surface area contributed by atoms with Crippen molar-refractivity contribution in [1.29, 1.82) is 0 Å². The van der Waals surface area contributed by atoms with Crippen LogP contribution < -0.4 is 4.90 Å². The summed E-state index contributed by atoms with van der Waals surface area (Å²) in [7, 11) is 0. The highest BCUT2D eigenvalue weighted by Crippen LogP contribution is 2.32. The zero-order chi connectivity index (χ0) is 18.0. The van der Waals surface area contributed by atoms with Crippen molar-refractivity contribution >= 4 is 17.5 Å². The Bertz CT molecular complexity index is 664. The number of carbonyl (C=O) groups excluding carboxylic acids is 2. The van der Waals surface area contributed by atoms with Crippen molar-refractivity contribution in [2.75, 3.05) is 31.1 Å². The summed E-state index contributed by atoms with van der Waals surface area (Å²) < 4.78 is 19.5. The molecule has 1 atom stereocenters. The molecule has 0 saturated carbocycles. The zero-order valence-electron chi connectivity index (χ0n) is 14.8. The van der Waals surface area contributed by atoms with E-state index < -0.39 is 5.60 Å². The molecule has 5 nitrogen and oxygen atoms in total. The van der Waals surface area contributed by atoms with Gasteiger partial charge < -0.3 is 14.5 Å². The first-order valence-electron chi connectivity index (χ1n) is 8.86. The molecular formula is C19H25FN2O3. The normalized spacial score (nSPS) is 24.2. The van der Waals surface area contributed by atoms with Gasteiger partial charge in [0, 0.05) is 18.7 Å². The molecule has 0 aromatic heterocycles. The van der Waals surface area contributed by atoms with E-state index in [0.29, 0.717) is 31.1 Å². The maximum absolute atomic E-state index is 13.6. The highest BCUT2D eigenvalue weighted by Gasteiger charge is 2.44. The quantitative estimate of drug-likeness (QED) is 0.844. The lowest BCUT2D eigenvalue weighted by molar-refractivity contribution is -0.153. The number of likely N-dealkylation sites (tertiary alicyclic amines) is 1. The van der Waals surface area contributed by atoms with E-state index in [4.69, 9.17) is 4.74 Å². The Morgan fingerprint density at radius 3 is 2.88 bits per heavy atom. The molecule has 136 valence electrons. The Morgan fingerprint density at radius 2 is 2.16 bits per heavy atom. The smallest absolute Gasteiger partial charge is 0.253 e. The van der Waals surface area contributed by atoms with Crippen LogP contribution in [-0.2, 0) is 14.3 Å². The van der Waals surface area contributed by atoms with Crippen LogP contribution in [0.25, 0.3) is 0 Å². The summed E-state index contributed by atoms with van der Waals surface area (Å²) in [5, 5.41) is 0. The average molecular weight is 348 g/mol. The number of rotatable bonds is 3. The molecule has 6 heteroatoms. The van der Waals surface area contributed by atoms with E-state index in [0.717, 1.165) is 19.4 Å². The lowest BCUT2D eigenvalue weighted by Crippen LogP contribution is -2.62. The van der Waals surface area contributed by atoms with E-state index >= 15 is 0 Å². The number of anilines is 1. The van der Waals surface area contributed by atoms with Crippen LogP contribution in [0.3, 0.4) is 0 Å². The van der Waals surface area contributed by atoms with Gasteiger partial charge in [0.1, 0.15) is 18.0 Å². The molecule has 2 aliphatic rings. The number of carbonyl (C=O) groups is 2. The van der Waals surface area contributed by atoms with Gasteiger partial charge in [-0.3, -0.25) is 9.59 Å². The third-order valence-electron chi connectivity index (χ3n) is 4.84. The van der Waals surface area contributed by atoms with E-state index in [1.807, 2.05) is 18.7 Å². The molecule has 0 aliphatic carbocycles. The summed E-state index contributed by atoms with van der Waals surface area (Å²) in [6.07, 6.45) is 2.15. The standard InChI is InChI=1S/C19H25FN2O3/c1-14(2)9-17(23)21-8-4-7-19(12-21)13-22(18(24)11-25-19)16-6-3-5-15(20)10-16/h3,5-6,10,14H,4,7-9,11-13H2,1-2H3. The summed E-state index contributed by atoms with van der Waals surface area (Å²) >= 11 is 0. The minimum absolute atomic E-state index is 0.0390. The molecule has 3 rings (SSSR count). The Labute approximate surface area is 147 Å². The Balaban J connectivity index is 1.77. The summed E-state index contributed by atoms with van der Waals surface area (Å²) in [6.45, 7) is 5.57. The average Bonchev–Trinajstić information content (AvgIpc) is 2.57. The molecule has 1 aromatic carbocycles. The third kappa shape index (κ3) is 4.00. The first-order valence-corrected chi connectivity index (χ1v) is 8.86. The van der Waals surface area contributed by atoms with Crippen molar-refractivity contribution < 1.29 is 18.7 Å². The van der Waals surface area contributed by atoms with Crippen molar-refractivity contribution in [3.05, 3.63) is 30.1 Å². The molecule has 2 saturated heterocycles. The van der Waals surface area contributed by atoms with Crippen molar-refractivity contribution in [2.45, 2.75) is 38.7 Å². The predicted octanol–water partition coefficient (Wildman–Crippen LogP) is 2.60. The molecular weight excluding hydrogens is 323 g/mol. The molecule has 2 amide bonds. The molecule has 1 unspecified atom stereocenters. The van der Waals surface area contributed by atoms with Gasteiger partial charge in [-0.2, -0.15) is 0 Å². The SMILES string of the molecule is CC(C)CC(=O)N1CCCC2(C1)CN(c1cccc(F)c1)C(=O)CO2. The van der Waals surface area contributed by atoms with E-state index in [-0.39, 0.29) is 24.2 Å². The Morgan fingerprint density at radius 1 is 1.36 bits per heavy atom. The number of nitrogens with zero attached hydrogens (tertiary/aromatic N) is 2. The van der Waals surface area contributed by atoms with Gasteiger partial charge in [-0.15, -0.1) is 0 Å². The fourth-order valence-electron chi connectivity index (χ4n) is 3.63. The highest BCUT2D eigenvalue weighted by molar-refractivity contribution is 5.95. The summed E-state index contributed by atoms with van der Waals surface area (Å²) in [4.78, 5) is 28.2. The second kappa shape index (κ2) is 7.12. The second-order valence-corrected chi connectivity index (χ2v) is 7.45. The van der Waals surface area contributed by atoms with E-state index in [1.165, 1.54) is 12.1 Å². The molecule has 2 heterocycles. The second-order valence-electron chi connectivity index (χ2n) is 7.45. The van der Waals surface area contributed by atoms with Gasteiger partial charge in [0.15, 0.2) is 0 Å². The lowest BCUT2D eigenvalue weighted by atomic mass is 9.90. The first kappa shape index (κ1) is 17.9. The summed E-state index contributed by atoms with van der Waals surface area (Å²) in [5.74, 6) is -0.111. The molecule has 25 heavy (non-hydrogen) atoms. The summed E-state index contributed by atoms with van der Waals surface area (Å²) in [6, 6.07) is 6.04. The number of halogens is 1. The van der Waals surface area contributed by atoms with E-state index in [1.54, 1.807) is 17.0 Å². The fourth-order valence-corrected chi connectivity index (χ4v) is 3.63. The first-order chi connectivity index (χ1) is 11.9. The van der Waals surface area contributed by atoms with Crippen LogP contribution in [-0.4, -0.2) is 48.6 Å². The molecule has 0 bridgehead atoms. The molecule has 2 fully saturated rings. The van der Waals surface area contributed by atoms with Gasteiger partial charge in [0.05, 0.1) is 13.1 Å². The van der Waals surface area contributed by atoms with Crippen molar-refractivity contribution in [3.8, 4) is 0 Å². The number of ether oxygens (including phenoxy) is 1. The van der Waals surface area contributed by atoms with Crippen LogP contribution in [0.4, 0.5) is 10.1 Å². The van der Waals surface area contributed by atoms with E-state index in [2.05, 4.69) is 0 Å². The summed E-state index contributed by atoms with van der Waals surface area (Å²) in [5.41, 5.74) is -0.0243. The minimum atomic E-state index is -0.564. The number of benzene rings is 1. The molecule has 0 radical (unpaired) electrons. The van der Waals surface area contributed by atoms with Crippen molar-refractivity contribution in [1.82, 2.24) is 4.90 Å². The van der Waals surface area contributed by atoms with E-state index in [9.17, 15) is 14.0 Å². The molecule has 1 aromatic rings. The van der Waals surface area contributed by atoms with Crippen LogP contribution in [0, 0.1) is 11.7 Å². The van der Waals surface area contributed by atoms with Crippen molar-refractivity contribution in [3.63, 3.8) is 0 Å². The van der Waals surface area contributed by atoms with Crippen LogP contribution in [0.2, 0.25) is 0 Å². The largest absolute Gasteiger partial charge is 0.361 e. The predicted molar refractivity (Wildman–Crippen MR) is 92.7 cm³/mol. The van der Waals surface area contributed by atoms with Crippen molar-refractivity contribution in [2.24, 2.45) is 5.92 Å². The molecule has 0 N–H and O–H groups in total. The monoisotopic (exact) mass is 348 g/mol. The number of piperidine rings is 1. The zero-order valence-corrected chi connectivity index (χ0v) is 14.8. The third-order valence-corrected chi connectivity index (χ3v) is 4.84. The van der Waals surface area contributed by atoms with Gasteiger partial charge in [-0.1, -0.05) is 19.9 Å². The highest BCUT2D eigenvalue weighted by atomic mass is 19.1. The topological polar surface area (TPSA) is 49.9 Å². The van der Waals surface area contributed by atoms with Gasteiger partial charge in [-0.25, -0.2) is 4.39 Å². The maximum atomic E-state index is 13.6. The number of hydrogen-bond donors (Lipinski definition) is 0. The van der Waals surface area contributed by atoms with Crippen LogP contribution in [0.15, 0.2) is 24.3 Å². The number of morpholine rings is 1. The number of amides is 2.